The number of aryl methyl sites for hydroxylation is 1. The molecule has 0 unspecified atom stereocenters. The smallest absolute Gasteiger partial charge is 0.291 e. The molecule has 0 fully saturated rings. The van der Waals surface area contributed by atoms with Crippen molar-refractivity contribution in [2.75, 3.05) is 0 Å². The Labute approximate surface area is 156 Å². The first kappa shape index (κ1) is 18.7. The van der Waals surface area contributed by atoms with Crippen LogP contribution in [0.4, 0.5) is 8.78 Å². The highest BCUT2D eigenvalue weighted by atomic mass is 19.1. The number of nitrogens with zero attached hydrogens (tertiary/aromatic N) is 3. The van der Waals surface area contributed by atoms with E-state index in [1.807, 2.05) is 24.3 Å². The second-order valence-electron chi connectivity index (χ2n) is 6.57. The fourth-order valence-corrected chi connectivity index (χ4v) is 2.86. The molecule has 1 heterocycles. The van der Waals surface area contributed by atoms with Crippen LogP contribution in [0.15, 0.2) is 42.5 Å². The lowest BCUT2D eigenvalue weighted by Gasteiger charge is -2.12. The zero-order valence-electron chi connectivity index (χ0n) is 15.3. The molecule has 1 amide bonds. The Morgan fingerprint density at radius 2 is 1.81 bits per heavy atom. The Kier molecular flexibility index (Phi) is 5.30. The van der Waals surface area contributed by atoms with Crippen LogP contribution >= 0.6 is 0 Å². The van der Waals surface area contributed by atoms with Crippen LogP contribution in [0.1, 0.15) is 47.3 Å². The van der Waals surface area contributed by atoms with Crippen LogP contribution in [-0.2, 0) is 6.54 Å². The Bertz CT molecular complexity index is 962. The Morgan fingerprint density at radius 3 is 2.48 bits per heavy atom. The SMILES string of the molecule is Cc1nc(C(=O)NCc2cc(F)cc(F)c2)nn1-c1ccccc1C(C)C. The second-order valence-corrected chi connectivity index (χ2v) is 6.57. The van der Waals surface area contributed by atoms with Crippen molar-refractivity contribution in [1.82, 2.24) is 20.1 Å². The number of hydrogen-bond acceptors (Lipinski definition) is 3. The molecule has 0 atom stereocenters. The highest BCUT2D eigenvalue weighted by molar-refractivity contribution is 5.90. The first-order valence-electron chi connectivity index (χ1n) is 8.61. The molecule has 5 nitrogen and oxygen atoms in total. The maximum atomic E-state index is 13.2. The third kappa shape index (κ3) is 4.19. The highest BCUT2D eigenvalue weighted by Crippen LogP contribution is 2.23. The van der Waals surface area contributed by atoms with Crippen LogP contribution in [-0.4, -0.2) is 20.7 Å². The van der Waals surface area contributed by atoms with E-state index in [4.69, 9.17) is 0 Å². The van der Waals surface area contributed by atoms with Crippen molar-refractivity contribution >= 4 is 5.91 Å². The van der Waals surface area contributed by atoms with Crippen molar-refractivity contribution in [2.45, 2.75) is 33.2 Å². The topological polar surface area (TPSA) is 59.8 Å². The summed E-state index contributed by atoms with van der Waals surface area (Å²) in [6.07, 6.45) is 0. The molecule has 27 heavy (non-hydrogen) atoms. The zero-order chi connectivity index (χ0) is 19.6. The minimum absolute atomic E-state index is 0.00272. The van der Waals surface area contributed by atoms with Gasteiger partial charge in [-0.05, 0) is 42.2 Å². The number of carbonyl (C=O) groups is 1. The quantitative estimate of drug-likeness (QED) is 0.741. The lowest BCUT2D eigenvalue weighted by atomic mass is 10.0. The summed E-state index contributed by atoms with van der Waals surface area (Å²) in [5, 5.41) is 6.90. The van der Waals surface area contributed by atoms with Gasteiger partial charge in [-0.15, -0.1) is 5.10 Å². The Balaban J connectivity index is 1.81. The third-order valence-corrected chi connectivity index (χ3v) is 4.13. The molecule has 3 aromatic rings. The number of aromatic nitrogens is 3. The van der Waals surface area contributed by atoms with Crippen LogP contribution in [0.25, 0.3) is 5.69 Å². The van der Waals surface area contributed by atoms with Gasteiger partial charge in [0.25, 0.3) is 5.91 Å². The molecule has 0 aliphatic heterocycles. The lowest BCUT2D eigenvalue weighted by Crippen LogP contribution is -2.24. The standard InChI is InChI=1S/C20H20F2N4O/c1-12(2)17-6-4-5-7-18(17)26-13(3)24-19(25-26)20(27)23-11-14-8-15(21)10-16(22)9-14/h4-10,12H,11H2,1-3H3,(H,23,27). The van der Waals surface area contributed by atoms with Gasteiger partial charge in [-0.2, -0.15) is 0 Å². The number of halogens is 2. The molecule has 140 valence electrons. The molecule has 0 aliphatic rings. The predicted octanol–water partition coefficient (Wildman–Crippen LogP) is 3.91. The van der Waals surface area contributed by atoms with Crippen molar-refractivity contribution in [1.29, 1.82) is 0 Å². The summed E-state index contributed by atoms with van der Waals surface area (Å²) in [4.78, 5) is 16.6. The van der Waals surface area contributed by atoms with Gasteiger partial charge in [0.1, 0.15) is 17.5 Å². The molecule has 0 aliphatic carbocycles. The van der Waals surface area contributed by atoms with Gasteiger partial charge in [0.05, 0.1) is 5.69 Å². The van der Waals surface area contributed by atoms with Gasteiger partial charge < -0.3 is 5.32 Å². The number of rotatable bonds is 5. The fraction of sp³-hybridized carbons (Fsp3) is 0.250. The average molecular weight is 370 g/mol. The minimum Gasteiger partial charge on any atom is -0.345 e. The van der Waals surface area contributed by atoms with E-state index in [1.165, 1.54) is 12.1 Å². The molecule has 1 N–H and O–H groups in total. The number of nitrogens with one attached hydrogen (secondary N) is 1. The molecule has 0 radical (unpaired) electrons. The molecule has 0 spiro atoms. The first-order valence-corrected chi connectivity index (χ1v) is 8.61. The number of benzene rings is 2. The van der Waals surface area contributed by atoms with Crippen LogP contribution in [0, 0.1) is 18.6 Å². The van der Waals surface area contributed by atoms with Gasteiger partial charge in [-0.3, -0.25) is 4.79 Å². The summed E-state index contributed by atoms with van der Waals surface area (Å²) < 4.78 is 28.1. The van der Waals surface area contributed by atoms with Crippen LogP contribution < -0.4 is 5.32 Å². The van der Waals surface area contributed by atoms with Crippen molar-refractivity contribution in [2.24, 2.45) is 0 Å². The van der Waals surface area contributed by atoms with Crippen molar-refractivity contribution in [3.05, 3.63) is 76.9 Å². The number of amides is 1. The maximum absolute atomic E-state index is 13.2. The van der Waals surface area contributed by atoms with E-state index >= 15 is 0 Å². The van der Waals surface area contributed by atoms with E-state index in [-0.39, 0.29) is 18.3 Å². The molecule has 3 rings (SSSR count). The molecular formula is C20H20F2N4O. The van der Waals surface area contributed by atoms with Gasteiger partial charge in [0.2, 0.25) is 5.82 Å². The van der Waals surface area contributed by atoms with Gasteiger partial charge in [-0.25, -0.2) is 18.4 Å². The van der Waals surface area contributed by atoms with Crippen LogP contribution in [0.2, 0.25) is 0 Å². The Hall–Kier alpha value is -3.09. The zero-order valence-corrected chi connectivity index (χ0v) is 15.3. The molecule has 7 heteroatoms. The molecule has 0 saturated carbocycles. The van der Waals surface area contributed by atoms with E-state index in [0.717, 1.165) is 17.3 Å². The molecule has 0 saturated heterocycles. The average Bonchev–Trinajstić information content (AvgIpc) is 3.00. The van der Waals surface area contributed by atoms with Crippen molar-refractivity contribution in [3.63, 3.8) is 0 Å². The van der Waals surface area contributed by atoms with Crippen molar-refractivity contribution < 1.29 is 13.6 Å². The van der Waals surface area contributed by atoms with E-state index in [9.17, 15) is 13.6 Å². The van der Waals surface area contributed by atoms with Crippen LogP contribution in [0.3, 0.4) is 0 Å². The monoisotopic (exact) mass is 370 g/mol. The summed E-state index contributed by atoms with van der Waals surface area (Å²) in [5.41, 5.74) is 2.28. The maximum Gasteiger partial charge on any atom is 0.291 e. The lowest BCUT2D eigenvalue weighted by molar-refractivity contribution is 0.0940. The van der Waals surface area contributed by atoms with Gasteiger partial charge in [-0.1, -0.05) is 32.0 Å². The van der Waals surface area contributed by atoms with E-state index < -0.39 is 17.5 Å². The molecule has 0 bridgehead atoms. The molecule has 2 aromatic carbocycles. The molecule has 1 aromatic heterocycles. The number of hydrogen-bond donors (Lipinski definition) is 1. The largest absolute Gasteiger partial charge is 0.345 e. The molecular weight excluding hydrogens is 350 g/mol. The fourth-order valence-electron chi connectivity index (χ4n) is 2.86. The number of para-hydroxylation sites is 1. The third-order valence-electron chi connectivity index (χ3n) is 4.13. The second kappa shape index (κ2) is 7.65. The van der Waals surface area contributed by atoms with Gasteiger partial charge in [0, 0.05) is 12.6 Å². The summed E-state index contributed by atoms with van der Waals surface area (Å²) in [5.74, 6) is -1.04. The Morgan fingerprint density at radius 1 is 1.15 bits per heavy atom. The van der Waals surface area contributed by atoms with Gasteiger partial charge >= 0.3 is 0 Å². The van der Waals surface area contributed by atoms with E-state index in [0.29, 0.717) is 11.4 Å². The highest BCUT2D eigenvalue weighted by Gasteiger charge is 2.17. The summed E-state index contributed by atoms with van der Waals surface area (Å²) in [6.45, 7) is 5.90. The normalized spacial score (nSPS) is 11.0. The van der Waals surface area contributed by atoms with Gasteiger partial charge in [0.15, 0.2) is 0 Å². The van der Waals surface area contributed by atoms with E-state index in [1.54, 1.807) is 11.6 Å². The van der Waals surface area contributed by atoms with Crippen LogP contribution in [0.5, 0.6) is 0 Å². The van der Waals surface area contributed by atoms with E-state index in [2.05, 4.69) is 29.2 Å². The predicted molar refractivity (Wildman–Crippen MR) is 97.7 cm³/mol. The summed E-state index contributed by atoms with van der Waals surface area (Å²) in [6, 6.07) is 10.9. The summed E-state index contributed by atoms with van der Waals surface area (Å²) >= 11 is 0. The van der Waals surface area contributed by atoms with Crippen molar-refractivity contribution in [3.8, 4) is 5.69 Å². The summed E-state index contributed by atoms with van der Waals surface area (Å²) in [7, 11) is 0. The first-order chi connectivity index (χ1) is 12.8. The number of carbonyl (C=O) groups excluding carboxylic acids is 1. The minimum atomic E-state index is -0.692.